The molecule has 2 N–H and O–H groups in total. The Kier molecular flexibility index (Phi) is 4.95. The predicted molar refractivity (Wildman–Crippen MR) is 99.1 cm³/mol. The molecule has 4 rings (SSSR count). The van der Waals surface area contributed by atoms with Crippen LogP contribution in [0, 0.1) is 5.82 Å². The molecule has 0 atom stereocenters. The SMILES string of the molecule is Fc1ccc(CCNc2cnnc(Nc3ccc4c(c3)OCCO4)n2)cc1. The number of benzene rings is 2. The fraction of sp³-hybridized carbons (Fsp3) is 0.211. The molecule has 0 spiro atoms. The van der Waals surface area contributed by atoms with Crippen molar-refractivity contribution in [1.29, 1.82) is 0 Å². The minimum absolute atomic E-state index is 0.235. The highest BCUT2D eigenvalue weighted by Gasteiger charge is 2.12. The van der Waals surface area contributed by atoms with Crippen molar-refractivity contribution in [2.24, 2.45) is 0 Å². The smallest absolute Gasteiger partial charge is 0.249 e. The summed E-state index contributed by atoms with van der Waals surface area (Å²) in [5, 5.41) is 14.3. The van der Waals surface area contributed by atoms with Crippen LogP contribution in [0.1, 0.15) is 5.56 Å². The minimum Gasteiger partial charge on any atom is -0.486 e. The molecule has 3 aromatic rings. The molecule has 1 aliphatic rings. The second-order valence-corrected chi connectivity index (χ2v) is 5.95. The van der Waals surface area contributed by atoms with Crippen molar-refractivity contribution >= 4 is 17.5 Å². The number of hydrogen-bond donors (Lipinski definition) is 2. The number of hydrogen-bond acceptors (Lipinski definition) is 7. The normalized spacial score (nSPS) is 12.5. The Morgan fingerprint density at radius 2 is 1.81 bits per heavy atom. The number of fused-ring (bicyclic) bond motifs is 1. The van der Waals surface area contributed by atoms with Crippen LogP contribution in [0.5, 0.6) is 11.5 Å². The van der Waals surface area contributed by atoms with E-state index in [4.69, 9.17) is 9.47 Å². The molecule has 7 nitrogen and oxygen atoms in total. The van der Waals surface area contributed by atoms with E-state index in [0.29, 0.717) is 37.3 Å². The minimum atomic E-state index is -0.235. The summed E-state index contributed by atoms with van der Waals surface area (Å²) in [6.45, 7) is 1.73. The molecule has 1 aliphatic heterocycles. The van der Waals surface area contributed by atoms with Crippen LogP contribution in [0.3, 0.4) is 0 Å². The summed E-state index contributed by atoms with van der Waals surface area (Å²) in [7, 11) is 0. The van der Waals surface area contributed by atoms with Gasteiger partial charge in [0, 0.05) is 18.3 Å². The van der Waals surface area contributed by atoms with Crippen molar-refractivity contribution in [3.63, 3.8) is 0 Å². The zero-order valence-corrected chi connectivity index (χ0v) is 14.5. The van der Waals surface area contributed by atoms with Gasteiger partial charge in [-0.15, -0.1) is 5.10 Å². The zero-order chi connectivity index (χ0) is 18.5. The summed E-state index contributed by atoms with van der Waals surface area (Å²) in [4.78, 5) is 4.40. The van der Waals surface area contributed by atoms with Gasteiger partial charge in [0.05, 0.1) is 6.20 Å². The van der Waals surface area contributed by atoms with Gasteiger partial charge in [-0.05, 0) is 36.2 Å². The van der Waals surface area contributed by atoms with E-state index in [1.165, 1.54) is 12.1 Å². The van der Waals surface area contributed by atoms with E-state index in [2.05, 4.69) is 25.8 Å². The lowest BCUT2D eigenvalue weighted by atomic mass is 10.1. The van der Waals surface area contributed by atoms with Crippen LogP contribution in [-0.2, 0) is 6.42 Å². The lowest BCUT2D eigenvalue weighted by Crippen LogP contribution is -2.15. The maximum Gasteiger partial charge on any atom is 0.249 e. The van der Waals surface area contributed by atoms with E-state index in [9.17, 15) is 4.39 Å². The predicted octanol–water partition coefficient (Wildman–Crippen LogP) is 3.18. The van der Waals surface area contributed by atoms with Crippen LogP contribution in [0.15, 0.2) is 48.7 Å². The third kappa shape index (κ3) is 4.41. The fourth-order valence-electron chi connectivity index (χ4n) is 2.68. The Bertz CT molecular complexity index is 920. The van der Waals surface area contributed by atoms with E-state index in [-0.39, 0.29) is 5.82 Å². The zero-order valence-electron chi connectivity index (χ0n) is 14.5. The molecule has 0 bridgehead atoms. The van der Waals surface area contributed by atoms with E-state index in [0.717, 1.165) is 23.4 Å². The lowest BCUT2D eigenvalue weighted by Gasteiger charge is -2.18. The monoisotopic (exact) mass is 367 g/mol. The highest BCUT2D eigenvalue weighted by atomic mass is 19.1. The van der Waals surface area contributed by atoms with E-state index in [1.807, 2.05) is 18.2 Å². The number of nitrogens with one attached hydrogen (secondary N) is 2. The molecule has 1 aromatic heterocycles. The standard InChI is InChI=1S/C19H18FN5O2/c20-14-3-1-13(2-4-14)7-8-21-18-12-22-25-19(24-18)23-15-5-6-16-17(11-15)27-10-9-26-16/h1-6,11-12H,7-10H2,(H2,21,23,24,25). The molecular formula is C19H18FN5O2. The molecule has 27 heavy (non-hydrogen) atoms. The molecule has 0 amide bonds. The number of anilines is 3. The molecule has 0 fully saturated rings. The third-order valence-electron chi connectivity index (χ3n) is 3.99. The second kappa shape index (κ2) is 7.86. The van der Waals surface area contributed by atoms with Gasteiger partial charge >= 0.3 is 0 Å². The van der Waals surface area contributed by atoms with Crippen molar-refractivity contribution in [2.75, 3.05) is 30.4 Å². The quantitative estimate of drug-likeness (QED) is 0.692. The molecular weight excluding hydrogens is 349 g/mol. The number of ether oxygens (including phenoxy) is 2. The first-order valence-electron chi connectivity index (χ1n) is 8.61. The summed E-state index contributed by atoms with van der Waals surface area (Å²) >= 11 is 0. The summed E-state index contributed by atoms with van der Waals surface area (Å²) < 4.78 is 24.0. The summed E-state index contributed by atoms with van der Waals surface area (Å²) in [6, 6.07) is 12.0. The van der Waals surface area contributed by atoms with Crippen molar-refractivity contribution in [3.8, 4) is 11.5 Å². The van der Waals surface area contributed by atoms with Gasteiger partial charge in [0.2, 0.25) is 5.95 Å². The molecule has 0 saturated heterocycles. The van der Waals surface area contributed by atoms with Crippen molar-refractivity contribution in [2.45, 2.75) is 6.42 Å². The first-order chi connectivity index (χ1) is 13.3. The van der Waals surface area contributed by atoms with Crippen LogP contribution in [-0.4, -0.2) is 34.9 Å². The van der Waals surface area contributed by atoms with Crippen LogP contribution in [0.25, 0.3) is 0 Å². The topological polar surface area (TPSA) is 81.2 Å². The van der Waals surface area contributed by atoms with Gasteiger partial charge in [0.15, 0.2) is 17.3 Å². The Balaban J connectivity index is 1.36. The molecule has 138 valence electrons. The van der Waals surface area contributed by atoms with E-state index in [1.54, 1.807) is 18.3 Å². The van der Waals surface area contributed by atoms with Crippen LogP contribution >= 0.6 is 0 Å². The maximum absolute atomic E-state index is 12.9. The molecule has 0 unspecified atom stereocenters. The molecule has 2 aromatic carbocycles. The van der Waals surface area contributed by atoms with Crippen molar-refractivity contribution in [3.05, 3.63) is 60.0 Å². The van der Waals surface area contributed by atoms with Gasteiger partial charge in [-0.3, -0.25) is 0 Å². The number of halogens is 1. The first kappa shape index (κ1) is 17.0. The lowest BCUT2D eigenvalue weighted by molar-refractivity contribution is 0.171. The highest BCUT2D eigenvalue weighted by molar-refractivity contribution is 5.60. The van der Waals surface area contributed by atoms with Crippen molar-refractivity contribution < 1.29 is 13.9 Å². The Morgan fingerprint density at radius 1 is 1.00 bits per heavy atom. The van der Waals surface area contributed by atoms with E-state index < -0.39 is 0 Å². The van der Waals surface area contributed by atoms with Gasteiger partial charge < -0.3 is 20.1 Å². The van der Waals surface area contributed by atoms with Gasteiger partial charge in [0.25, 0.3) is 0 Å². The number of aromatic nitrogens is 3. The first-order valence-corrected chi connectivity index (χ1v) is 8.61. The molecule has 0 aliphatic carbocycles. The summed E-state index contributed by atoms with van der Waals surface area (Å²) in [6.07, 6.45) is 2.30. The average molecular weight is 367 g/mol. The Hall–Kier alpha value is -3.42. The van der Waals surface area contributed by atoms with E-state index >= 15 is 0 Å². The summed E-state index contributed by atoms with van der Waals surface area (Å²) in [5.74, 6) is 2.15. The van der Waals surface area contributed by atoms with Crippen LogP contribution in [0.2, 0.25) is 0 Å². The van der Waals surface area contributed by atoms with Gasteiger partial charge in [-0.2, -0.15) is 10.1 Å². The molecule has 0 radical (unpaired) electrons. The molecule has 8 heteroatoms. The van der Waals surface area contributed by atoms with Gasteiger partial charge in [-0.25, -0.2) is 4.39 Å². The van der Waals surface area contributed by atoms with Crippen LogP contribution in [0.4, 0.5) is 21.8 Å². The van der Waals surface area contributed by atoms with Gasteiger partial charge in [-0.1, -0.05) is 12.1 Å². The number of nitrogens with zero attached hydrogens (tertiary/aromatic N) is 3. The Labute approximate surface area is 155 Å². The third-order valence-corrected chi connectivity index (χ3v) is 3.99. The Morgan fingerprint density at radius 3 is 2.67 bits per heavy atom. The van der Waals surface area contributed by atoms with Crippen LogP contribution < -0.4 is 20.1 Å². The number of rotatable bonds is 6. The highest BCUT2D eigenvalue weighted by Crippen LogP contribution is 2.33. The second-order valence-electron chi connectivity index (χ2n) is 5.95. The fourth-order valence-corrected chi connectivity index (χ4v) is 2.68. The molecule has 0 saturated carbocycles. The van der Waals surface area contributed by atoms with Gasteiger partial charge in [0.1, 0.15) is 19.0 Å². The average Bonchev–Trinajstić information content (AvgIpc) is 2.70. The largest absolute Gasteiger partial charge is 0.486 e. The maximum atomic E-state index is 12.9. The summed E-state index contributed by atoms with van der Waals surface area (Å²) in [5.41, 5.74) is 1.82. The molecule has 2 heterocycles. The van der Waals surface area contributed by atoms with Crippen molar-refractivity contribution in [1.82, 2.24) is 15.2 Å².